The minimum atomic E-state index is -3.49. The summed E-state index contributed by atoms with van der Waals surface area (Å²) in [5, 5.41) is 0. The first-order valence-electron chi connectivity index (χ1n) is 3.45. The van der Waals surface area contributed by atoms with Gasteiger partial charge in [-0.3, -0.25) is 4.84 Å². The van der Waals surface area contributed by atoms with Crippen LogP contribution in [0.15, 0.2) is 20.1 Å². The first kappa shape index (κ1) is 11.1. The van der Waals surface area contributed by atoms with Gasteiger partial charge in [0.25, 0.3) is 10.0 Å². The first-order chi connectivity index (χ1) is 6.06. The molecule has 1 rings (SSSR count). The molecule has 0 saturated carbocycles. The van der Waals surface area contributed by atoms with Crippen LogP contribution in [0.5, 0.6) is 0 Å². The van der Waals surface area contributed by atoms with Crippen LogP contribution in [0, 0.1) is 0 Å². The van der Waals surface area contributed by atoms with Crippen molar-refractivity contribution in [3.63, 3.8) is 0 Å². The van der Waals surface area contributed by atoms with E-state index >= 15 is 0 Å². The van der Waals surface area contributed by atoms with Crippen molar-refractivity contribution in [2.24, 2.45) is 0 Å². The van der Waals surface area contributed by atoms with Crippen molar-refractivity contribution in [2.45, 2.75) is 11.1 Å². The highest BCUT2D eigenvalue weighted by Gasteiger charge is 2.15. The Kier molecular flexibility index (Phi) is 3.87. The van der Waals surface area contributed by atoms with Crippen LogP contribution >= 0.6 is 27.3 Å². The molecule has 0 bridgehead atoms. The van der Waals surface area contributed by atoms with Crippen molar-refractivity contribution in [1.29, 1.82) is 0 Å². The summed E-state index contributed by atoms with van der Waals surface area (Å²) in [5.74, 6) is 0. The van der Waals surface area contributed by atoms with Gasteiger partial charge < -0.3 is 0 Å². The number of sulfonamides is 1. The van der Waals surface area contributed by atoms with Crippen LogP contribution in [0.4, 0.5) is 0 Å². The molecule has 1 aromatic heterocycles. The van der Waals surface area contributed by atoms with Crippen molar-refractivity contribution in [3.05, 3.63) is 15.9 Å². The molecule has 13 heavy (non-hydrogen) atoms. The maximum atomic E-state index is 11.4. The van der Waals surface area contributed by atoms with Gasteiger partial charge >= 0.3 is 0 Å². The maximum Gasteiger partial charge on any atom is 0.271 e. The fourth-order valence-corrected chi connectivity index (χ4v) is 3.47. The fraction of sp³-hybridized carbons (Fsp3) is 0.333. The summed E-state index contributed by atoms with van der Waals surface area (Å²) in [4.78, 5) is 6.62. The number of halogens is 1. The molecule has 0 aliphatic heterocycles. The Morgan fingerprint density at radius 2 is 2.31 bits per heavy atom. The Bertz CT molecular complexity index is 373. The average Bonchev–Trinajstić information content (AvgIpc) is 2.49. The van der Waals surface area contributed by atoms with Crippen LogP contribution in [-0.4, -0.2) is 15.0 Å². The highest BCUT2D eigenvalue weighted by Crippen LogP contribution is 2.25. The number of nitrogens with one attached hydrogen (secondary N) is 1. The molecule has 0 spiro atoms. The van der Waals surface area contributed by atoms with Gasteiger partial charge in [-0.2, -0.15) is 0 Å². The predicted molar refractivity (Wildman–Crippen MR) is 54.0 cm³/mol. The zero-order valence-electron chi connectivity index (χ0n) is 6.78. The minimum Gasteiger partial charge on any atom is -0.287 e. The van der Waals surface area contributed by atoms with E-state index in [4.69, 9.17) is 0 Å². The molecule has 4 nitrogen and oxygen atoms in total. The van der Waals surface area contributed by atoms with E-state index in [1.165, 1.54) is 6.07 Å². The number of hydrogen-bond donors (Lipinski definition) is 1. The molecule has 0 saturated heterocycles. The van der Waals surface area contributed by atoms with E-state index in [0.717, 1.165) is 15.1 Å². The molecule has 1 aromatic rings. The third-order valence-corrected chi connectivity index (χ3v) is 4.46. The van der Waals surface area contributed by atoms with Gasteiger partial charge in [-0.15, -0.1) is 11.3 Å². The zero-order valence-corrected chi connectivity index (χ0v) is 10.0. The van der Waals surface area contributed by atoms with E-state index in [-0.39, 0.29) is 4.21 Å². The second-order valence-corrected chi connectivity index (χ2v) is 6.41. The number of hydrogen-bond acceptors (Lipinski definition) is 4. The summed E-state index contributed by atoms with van der Waals surface area (Å²) in [7, 11) is -3.49. The lowest BCUT2D eigenvalue weighted by molar-refractivity contribution is 0.105. The smallest absolute Gasteiger partial charge is 0.271 e. The van der Waals surface area contributed by atoms with Crippen LogP contribution in [0.2, 0.25) is 0 Å². The Labute approximate surface area is 89.0 Å². The van der Waals surface area contributed by atoms with Crippen molar-refractivity contribution in [2.75, 3.05) is 6.61 Å². The first-order valence-corrected chi connectivity index (χ1v) is 6.54. The Morgan fingerprint density at radius 3 is 2.77 bits per heavy atom. The fourth-order valence-electron chi connectivity index (χ4n) is 0.620. The molecule has 0 aliphatic rings. The van der Waals surface area contributed by atoms with Gasteiger partial charge in [0, 0.05) is 0 Å². The van der Waals surface area contributed by atoms with Crippen molar-refractivity contribution < 1.29 is 13.3 Å². The Hall–Kier alpha value is 0.0500. The van der Waals surface area contributed by atoms with Crippen LogP contribution in [0.1, 0.15) is 6.92 Å². The molecular formula is C6H8BrNO3S2. The zero-order chi connectivity index (χ0) is 9.90. The highest BCUT2D eigenvalue weighted by atomic mass is 79.9. The molecule has 0 fully saturated rings. The van der Waals surface area contributed by atoms with Crippen molar-refractivity contribution in [1.82, 2.24) is 4.89 Å². The summed E-state index contributed by atoms with van der Waals surface area (Å²) in [6.07, 6.45) is 0. The molecule has 0 atom stereocenters. The van der Waals surface area contributed by atoms with Crippen LogP contribution in [0.25, 0.3) is 0 Å². The van der Waals surface area contributed by atoms with Gasteiger partial charge in [0.15, 0.2) is 0 Å². The van der Waals surface area contributed by atoms with Gasteiger partial charge in [0.1, 0.15) is 4.21 Å². The molecule has 0 unspecified atom stereocenters. The Morgan fingerprint density at radius 1 is 1.62 bits per heavy atom. The normalized spacial score (nSPS) is 11.8. The third kappa shape index (κ3) is 3.03. The second kappa shape index (κ2) is 4.52. The monoisotopic (exact) mass is 285 g/mol. The van der Waals surface area contributed by atoms with E-state index < -0.39 is 10.0 Å². The van der Waals surface area contributed by atoms with Crippen molar-refractivity contribution in [3.8, 4) is 0 Å². The lowest BCUT2D eigenvalue weighted by atomic mass is 10.7. The topological polar surface area (TPSA) is 55.4 Å². The standard InChI is InChI=1S/C6H8BrNO3S2/c1-2-11-8-13(9,10)6-4-3-5(7)12-6/h3-4,8H,2H2,1H3. The largest absolute Gasteiger partial charge is 0.287 e. The molecule has 0 radical (unpaired) electrons. The average molecular weight is 286 g/mol. The van der Waals surface area contributed by atoms with E-state index in [9.17, 15) is 8.42 Å². The van der Waals surface area contributed by atoms with Crippen LogP contribution in [0.3, 0.4) is 0 Å². The Balaban J connectivity index is 2.82. The summed E-state index contributed by atoms with van der Waals surface area (Å²) in [6, 6.07) is 3.18. The van der Waals surface area contributed by atoms with Crippen LogP contribution in [-0.2, 0) is 14.9 Å². The van der Waals surface area contributed by atoms with Gasteiger partial charge in [-0.05, 0) is 35.0 Å². The molecule has 7 heteroatoms. The predicted octanol–water partition coefficient (Wildman–Crippen LogP) is 1.74. The molecule has 1 heterocycles. The second-order valence-electron chi connectivity index (χ2n) is 2.08. The lowest BCUT2D eigenvalue weighted by Gasteiger charge is -2.01. The maximum absolute atomic E-state index is 11.4. The molecule has 0 aliphatic carbocycles. The molecule has 0 amide bonds. The SMILES string of the molecule is CCONS(=O)(=O)c1ccc(Br)s1. The third-order valence-electron chi connectivity index (χ3n) is 1.13. The molecule has 0 aromatic carbocycles. The quantitative estimate of drug-likeness (QED) is 0.858. The number of thiophene rings is 1. The summed E-state index contributed by atoms with van der Waals surface area (Å²) >= 11 is 4.31. The summed E-state index contributed by atoms with van der Waals surface area (Å²) in [5.41, 5.74) is 0. The summed E-state index contributed by atoms with van der Waals surface area (Å²) < 4.78 is 23.7. The van der Waals surface area contributed by atoms with E-state index in [0.29, 0.717) is 6.61 Å². The highest BCUT2D eigenvalue weighted by molar-refractivity contribution is 9.11. The van der Waals surface area contributed by atoms with Crippen molar-refractivity contribution >= 4 is 37.3 Å². The summed E-state index contributed by atoms with van der Waals surface area (Å²) in [6.45, 7) is 2.00. The number of rotatable bonds is 4. The van der Waals surface area contributed by atoms with Crippen LogP contribution < -0.4 is 4.89 Å². The van der Waals surface area contributed by atoms with E-state index in [1.807, 2.05) is 4.89 Å². The van der Waals surface area contributed by atoms with Gasteiger partial charge in [0.2, 0.25) is 0 Å². The van der Waals surface area contributed by atoms with Gasteiger partial charge in [0.05, 0.1) is 10.4 Å². The molecule has 1 N–H and O–H groups in total. The molecular weight excluding hydrogens is 278 g/mol. The van der Waals surface area contributed by atoms with E-state index in [1.54, 1.807) is 13.0 Å². The lowest BCUT2D eigenvalue weighted by Crippen LogP contribution is -2.23. The molecule has 74 valence electrons. The van der Waals surface area contributed by atoms with Gasteiger partial charge in [-0.25, -0.2) is 8.42 Å². The van der Waals surface area contributed by atoms with Gasteiger partial charge in [-0.1, -0.05) is 4.89 Å². The minimum absolute atomic E-state index is 0.229. The van der Waals surface area contributed by atoms with E-state index in [2.05, 4.69) is 20.8 Å².